The third-order valence-corrected chi connectivity index (χ3v) is 10.5. The topological polar surface area (TPSA) is 92.3 Å². The van der Waals surface area contributed by atoms with Gasteiger partial charge in [-0.1, -0.05) is 63.8 Å². The highest BCUT2D eigenvalue weighted by Crippen LogP contribution is 2.28. The van der Waals surface area contributed by atoms with Crippen molar-refractivity contribution in [3.05, 3.63) is 48.5 Å². The maximum atomic E-state index is 12.9. The van der Waals surface area contributed by atoms with Gasteiger partial charge in [-0.25, -0.2) is 26.3 Å². The summed E-state index contributed by atoms with van der Waals surface area (Å²) >= 11 is 0. The number of rotatable bonds is 7. The van der Waals surface area contributed by atoms with E-state index < -0.39 is 20.0 Å². The van der Waals surface area contributed by atoms with Gasteiger partial charge < -0.3 is 0 Å². The Kier molecular flexibility index (Phi) is 7.82. The Hall–Kier alpha value is -1.74. The summed E-state index contributed by atoms with van der Waals surface area (Å²) in [4.78, 5) is 0.498. The van der Waals surface area contributed by atoms with Crippen LogP contribution in [-0.4, -0.2) is 28.9 Å². The van der Waals surface area contributed by atoms with Gasteiger partial charge in [0, 0.05) is 12.1 Å². The van der Waals surface area contributed by atoms with E-state index in [9.17, 15) is 16.8 Å². The van der Waals surface area contributed by atoms with Crippen molar-refractivity contribution in [2.24, 2.45) is 11.8 Å². The Morgan fingerprint density at radius 1 is 0.559 bits per heavy atom. The van der Waals surface area contributed by atoms with Crippen molar-refractivity contribution >= 4 is 20.0 Å². The molecule has 2 aromatic carbocycles. The molecule has 2 fully saturated rings. The molecule has 2 aliphatic rings. The molecule has 4 atom stereocenters. The van der Waals surface area contributed by atoms with Gasteiger partial charge in [0.15, 0.2) is 0 Å². The van der Waals surface area contributed by atoms with E-state index in [-0.39, 0.29) is 21.9 Å². The molecule has 2 N–H and O–H groups in total. The van der Waals surface area contributed by atoms with Gasteiger partial charge in [0.2, 0.25) is 20.0 Å². The van der Waals surface area contributed by atoms with E-state index in [0.29, 0.717) is 11.8 Å². The highest BCUT2D eigenvalue weighted by Gasteiger charge is 2.28. The first kappa shape index (κ1) is 25.4. The minimum absolute atomic E-state index is 0.0156. The zero-order valence-corrected chi connectivity index (χ0v) is 21.7. The van der Waals surface area contributed by atoms with Crippen LogP contribution >= 0.6 is 0 Å². The van der Waals surface area contributed by atoms with Crippen LogP contribution in [0.5, 0.6) is 0 Å². The number of benzene rings is 2. The lowest BCUT2D eigenvalue weighted by Gasteiger charge is -2.29. The Morgan fingerprint density at radius 3 is 1.21 bits per heavy atom. The minimum Gasteiger partial charge on any atom is -0.208 e. The van der Waals surface area contributed by atoms with Gasteiger partial charge >= 0.3 is 0 Å². The van der Waals surface area contributed by atoms with Gasteiger partial charge in [-0.3, -0.25) is 0 Å². The van der Waals surface area contributed by atoms with Crippen LogP contribution < -0.4 is 9.44 Å². The van der Waals surface area contributed by atoms with Crippen LogP contribution in [0.15, 0.2) is 58.3 Å². The van der Waals surface area contributed by atoms with Crippen LogP contribution in [0.25, 0.3) is 11.1 Å². The second kappa shape index (κ2) is 10.5. The molecule has 6 nitrogen and oxygen atoms in total. The molecule has 186 valence electrons. The predicted molar refractivity (Wildman–Crippen MR) is 135 cm³/mol. The van der Waals surface area contributed by atoms with Gasteiger partial charge in [-0.2, -0.15) is 0 Å². The van der Waals surface area contributed by atoms with E-state index >= 15 is 0 Å². The van der Waals surface area contributed by atoms with Crippen LogP contribution in [-0.2, 0) is 20.0 Å². The van der Waals surface area contributed by atoms with E-state index in [1.165, 1.54) is 0 Å². The van der Waals surface area contributed by atoms with E-state index in [4.69, 9.17) is 0 Å². The normalized spacial score (nSPS) is 26.3. The molecule has 0 aliphatic heterocycles. The average molecular weight is 505 g/mol. The molecule has 2 aromatic rings. The lowest BCUT2D eigenvalue weighted by molar-refractivity contribution is 0.310. The summed E-state index contributed by atoms with van der Waals surface area (Å²) in [7, 11) is -7.15. The summed E-state index contributed by atoms with van der Waals surface area (Å²) in [5.41, 5.74) is 1.67. The molecule has 0 saturated heterocycles. The molecule has 2 saturated carbocycles. The largest absolute Gasteiger partial charge is 0.240 e. The van der Waals surface area contributed by atoms with Crippen LogP contribution in [0, 0.1) is 11.8 Å². The van der Waals surface area contributed by atoms with Crippen LogP contribution in [0.1, 0.15) is 65.2 Å². The van der Waals surface area contributed by atoms with Gasteiger partial charge in [0.1, 0.15) is 0 Å². The van der Waals surface area contributed by atoms with Crippen LogP contribution in [0.2, 0.25) is 0 Å². The molecule has 4 rings (SSSR count). The average Bonchev–Trinajstić information content (AvgIpc) is 2.82. The summed E-state index contributed by atoms with van der Waals surface area (Å²) in [5, 5.41) is 0. The molecule has 0 spiro atoms. The fourth-order valence-corrected chi connectivity index (χ4v) is 7.93. The van der Waals surface area contributed by atoms with Gasteiger partial charge in [-0.15, -0.1) is 0 Å². The molecule has 0 aromatic heterocycles. The Balaban J connectivity index is 1.44. The monoisotopic (exact) mass is 504 g/mol. The first-order valence-corrected chi connectivity index (χ1v) is 15.4. The zero-order valence-electron chi connectivity index (χ0n) is 20.0. The van der Waals surface area contributed by atoms with Crippen molar-refractivity contribution in [1.82, 2.24) is 9.44 Å². The number of hydrogen-bond donors (Lipinski definition) is 2. The highest BCUT2D eigenvalue weighted by molar-refractivity contribution is 7.89. The highest BCUT2D eigenvalue weighted by atomic mass is 32.2. The Morgan fingerprint density at radius 2 is 0.882 bits per heavy atom. The van der Waals surface area contributed by atoms with Crippen LogP contribution in [0.3, 0.4) is 0 Å². The second-order valence-corrected chi connectivity index (χ2v) is 13.5. The number of nitrogens with one attached hydrogen (secondary N) is 2. The third kappa shape index (κ3) is 5.90. The van der Waals surface area contributed by atoms with Crippen molar-refractivity contribution in [2.45, 2.75) is 87.1 Å². The summed E-state index contributed by atoms with van der Waals surface area (Å²) < 4.78 is 57.2. The summed E-state index contributed by atoms with van der Waals surface area (Å²) in [6.07, 6.45) is 8.27. The lowest BCUT2D eigenvalue weighted by Crippen LogP contribution is -2.40. The van der Waals surface area contributed by atoms with E-state index in [1.54, 1.807) is 48.5 Å². The van der Waals surface area contributed by atoms with Gasteiger partial charge in [0.25, 0.3) is 0 Å². The lowest BCUT2D eigenvalue weighted by atomic mass is 9.87. The number of sulfonamides is 2. The summed E-state index contributed by atoms with van der Waals surface area (Å²) in [6.45, 7) is 4.20. The van der Waals surface area contributed by atoms with Crippen molar-refractivity contribution in [2.75, 3.05) is 0 Å². The first-order valence-electron chi connectivity index (χ1n) is 12.4. The van der Waals surface area contributed by atoms with Gasteiger partial charge in [0.05, 0.1) is 9.79 Å². The molecule has 0 radical (unpaired) electrons. The number of hydrogen-bond acceptors (Lipinski definition) is 4. The maximum Gasteiger partial charge on any atom is 0.240 e. The fraction of sp³-hybridized carbons (Fsp3) is 0.538. The molecular formula is C26H36N2O4S2. The summed E-state index contributed by atoms with van der Waals surface area (Å²) in [6, 6.07) is 13.5. The maximum absolute atomic E-state index is 12.9. The second-order valence-electron chi connectivity index (χ2n) is 10.0. The van der Waals surface area contributed by atoms with Crippen molar-refractivity contribution in [3.63, 3.8) is 0 Å². The third-order valence-electron chi connectivity index (χ3n) is 7.50. The van der Waals surface area contributed by atoms with E-state index in [2.05, 4.69) is 23.3 Å². The van der Waals surface area contributed by atoms with Crippen molar-refractivity contribution in [1.29, 1.82) is 0 Å². The quantitative estimate of drug-likeness (QED) is 0.551. The van der Waals surface area contributed by atoms with Crippen LogP contribution in [0.4, 0.5) is 0 Å². The molecule has 34 heavy (non-hydrogen) atoms. The van der Waals surface area contributed by atoms with Crippen molar-refractivity contribution in [3.8, 4) is 11.1 Å². The minimum atomic E-state index is -3.57. The Bertz CT molecular complexity index is 1080. The molecule has 2 aliphatic carbocycles. The molecule has 8 heteroatoms. The smallest absolute Gasteiger partial charge is 0.208 e. The predicted octanol–water partition coefficient (Wildman–Crippen LogP) is 5.07. The Labute approximate surface area is 204 Å². The molecule has 0 heterocycles. The van der Waals surface area contributed by atoms with Crippen molar-refractivity contribution < 1.29 is 16.8 Å². The molecule has 0 amide bonds. The molecule has 0 unspecified atom stereocenters. The first-order chi connectivity index (χ1) is 16.2. The zero-order chi connectivity index (χ0) is 24.3. The molecule has 0 bridgehead atoms. The van der Waals surface area contributed by atoms with E-state index in [1.807, 2.05) is 0 Å². The fourth-order valence-electron chi connectivity index (χ4n) is 5.17. The summed E-state index contributed by atoms with van der Waals surface area (Å²) in [5.74, 6) is 0.682. The molecular weight excluding hydrogens is 468 g/mol. The van der Waals surface area contributed by atoms with Gasteiger partial charge in [-0.05, 0) is 72.9 Å². The standard InChI is InChI=1S/C26H36N2O4S2/c1-19-7-3-5-9-25(19)27-33(29,30)23-15-11-21(12-16-23)22-13-17-24(18-14-22)34(31,32)28-26-10-6-4-8-20(26)2/h11-20,25-28H,3-10H2,1-2H3/t19-,20-,25+,26+/m0/s1. The SMILES string of the molecule is C[C@H]1CCCC[C@H]1NS(=O)(=O)c1ccc(-c2ccc(S(=O)(=O)N[C@@H]3CCCC[C@@H]3C)cc2)cc1. The van der Waals surface area contributed by atoms with E-state index in [0.717, 1.165) is 62.5 Å².